The van der Waals surface area contributed by atoms with Crippen molar-refractivity contribution in [3.8, 4) is 0 Å². The molecule has 0 bridgehead atoms. The van der Waals surface area contributed by atoms with E-state index >= 15 is 0 Å². The van der Waals surface area contributed by atoms with E-state index in [4.69, 9.17) is 0 Å². The maximum atomic E-state index is 13.4. The molecule has 5 nitrogen and oxygen atoms in total. The maximum absolute atomic E-state index is 13.4. The van der Waals surface area contributed by atoms with Crippen molar-refractivity contribution in [3.05, 3.63) is 13.8 Å². The molecule has 0 spiro atoms. The predicted octanol–water partition coefficient (Wildman–Crippen LogP) is 4.51. The van der Waals surface area contributed by atoms with Crippen LogP contribution in [-0.4, -0.2) is 34.2 Å². The minimum Gasteiger partial charge on any atom is -0.477 e. The van der Waals surface area contributed by atoms with Crippen LogP contribution in [0.15, 0.2) is 6.07 Å². The molecule has 1 heterocycles. The third kappa shape index (κ3) is 4.42. The van der Waals surface area contributed by atoms with Crippen LogP contribution in [0.3, 0.4) is 0 Å². The summed E-state index contributed by atoms with van der Waals surface area (Å²) in [5.41, 5.74) is 0.553. The average molecular weight is 491 g/mol. The molecule has 0 atom stereocenters. The highest BCUT2D eigenvalue weighted by molar-refractivity contribution is 14.1. The molecule has 1 aromatic heterocycles. The van der Waals surface area contributed by atoms with Crippen LogP contribution in [0.5, 0.6) is 0 Å². The Bertz CT molecular complexity index is 660. The fourth-order valence-corrected chi connectivity index (χ4v) is 5.87. The summed E-state index contributed by atoms with van der Waals surface area (Å²) in [6, 6.07) is 1.82. The topological polar surface area (TPSA) is 77.8 Å². The summed E-state index contributed by atoms with van der Waals surface area (Å²) >= 11 is 3.35. The summed E-state index contributed by atoms with van der Waals surface area (Å²) in [5, 5.41) is 19.5. The summed E-state index contributed by atoms with van der Waals surface area (Å²) in [6.07, 6.45) is 6.36. The van der Waals surface area contributed by atoms with Crippen molar-refractivity contribution in [1.29, 1.82) is 0 Å². The Morgan fingerprint density at radius 1 is 1.12 bits per heavy atom. The van der Waals surface area contributed by atoms with E-state index in [1.807, 2.05) is 6.07 Å². The number of carbonyl (C=O) groups is 2. The number of hydrogen-bond acceptors (Lipinski definition) is 4. The van der Waals surface area contributed by atoms with Crippen LogP contribution in [0, 0.1) is 14.7 Å². The third-order valence-corrected chi connectivity index (χ3v) is 7.64. The van der Waals surface area contributed by atoms with Gasteiger partial charge in [0.15, 0.2) is 0 Å². The van der Waals surface area contributed by atoms with Gasteiger partial charge in [0, 0.05) is 12.0 Å². The summed E-state index contributed by atoms with van der Waals surface area (Å²) in [7, 11) is 0. The number of hydrogen-bond donors (Lipinski definition) is 2. The van der Waals surface area contributed by atoms with E-state index in [1.54, 1.807) is 4.90 Å². The first-order valence-corrected chi connectivity index (χ1v) is 11.3. The standard InChI is InChI=1S/C19H26INO4S/c1-11-2-4-12(5-3-11)18(23)21(13-6-8-14(22)9-7-13)15-10-16(20)26-17(15)19(24)25/h10-14,22H,2-9H2,1H3,(H,24,25). The molecular formula is C19H26INO4S. The number of carboxylic acids is 1. The van der Waals surface area contributed by atoms with Gasteiger partial charge >= 0.3 is 5.97 Å². The van der Waals surface area contributed by atoms with Gasteiger partial charge in [0.2, 0.25) is 5.91 Å². The molecule has 2 aliphatic rings. The number of rotatable bonds is 4. The number of carboxylic acid groups (broad SMARTS) is 1. The summed E-state index contributed by atoms with van der Waals surface area (Å²) < 4.78 is 0.876. The lowest BCUT2D eigenvalue weighted by atomic mass is 9.81. The molecule has 1 amide bonds. The molecule has 3 rings (SSSR count). The summed E-state index contributed by atoms with van der Waals surface area (Å²) in [6.45, 7) is 2.23. The molecule has 1 aromatic rings. The van der Waals surface area contributed by atoms with Crippen LogP contribution in [0.4, 0.5) is 5.69 Å². The molecule has 7 heteroatoms. The molecule has 26 heavy (non-hydrogen) atoms. The van der Waals surface area contributed by atoms with Gasteiger partial charge in [-0.15, -0.1) is 11.3 Å². The molecule has 0 aliphatic heterocycles. The number of aliphatic hydroxyl groups is 1. The Morgan fingerprint density at radius 3 is 2.31 bits per heavy atom. The van der Waals surface area contributed by atoms with Crippen LogP contribution < -0.4 is 4.90 Å². The smallest absolute Gasteiger partial charge is 0.348 e. The highest BCUT2D eigenvalue weighted by Crippen LogP contribution is 2.39. The number of amides is 1. The first-order chi connectivity index (χ1) is 12.4. The number of halogens is 1. The van der Waals surface area contributed by atoms with Crippen molar-refractivity contribution in [2.24, 2.45) is 11.8 Å². The van der Waals surface area contributed by atoms with E-state index in [1.165, 1.54) is 11.3 Å². The molecule has 2 saturated carbocycles. The van der Waals surface area contributed by atoms with Crippen molar-refractivity contribution in [1.82, 2.24) is 0 Å². The number of thiophene rings is 1. The Kier molecular flexibility index (Phi) is 6.61. The van der Waals surface area contributed by atoms with E-state index in [2.05, 4.69) is 29.5 Å². The molecule has 0 radical (unpaired) electrons. The predicted molar refractivity (Wildman–Crippen MR) is 111 cm³/mol. The Morgan fingerprint density at radius 2 is 1.73 bits per heavy atom. The second kappa shape index (κ2) is 8.56. The first-order valence-electron chi connectivity index (χ1n) is 9.40. The van der Waals surface area contributed by atoms with Crippen molar-refractivity contribution < 1.29 is 19.8 Å². The molecule has 144 valence electrons. The molecule has 0 unspecified atom stereocenters. The zero-order valence-electron chi connectivity index (χ0n) is 15.0. The monoisotopic (exact) mass is 491 g/mol. The van der Waals surface area contributed by atoms with Gasteiger partial charge in [-0.05, 0) is 85.9 Å². The first kappa shape index (κ1) is 20.1. The van der Waals surface area contributed by atoms with Gasteiger partial charge in [0.1, 0.15) is 4.88 Å². The fourth-order valence-electron chi connectivity index (χ4n) is 4.20. The second-order valence-corrected chi connectivity index (χ2v) is 10.6. The third-order valence-electron chi connectivity index (χ3n) is 5.77. The van der Waals surface area contributed by atoms with Crippen LogP contribution in [0.2, 0.25) is 0 Å². The zero-order chi connectivity index (χ0) is 18.8. The van der Waals surface area contributed by atoms with Crippen molar-refractivity contribution in [3.63, 3.8) is 0 Å². The molecule has 2 aliphatic carbocycles. The Labute approximate surface area is 171 Å². The van der Waals surface area contributed by atoms with E-state index in [9.17, 15) is 19.8 Å². The van der Waals surface area contributed by atoms with Crippen molar-refractivity contribution >= 4 is 51.5 Å². The maximum Gasteiger partial charge on any atom is 0.348 e. The van der Waals surface area contributed by atoms with Gasteiger partial charge in [-0.1, -0.05) is 6.92 Å². The van der Waals surface area contributed by atoms with Crippen molar-refractivity contribution in [2.75, 3.05) is 4.90 Å². The lowest BCUT2D eigenvalue weighted by Crippen LogP contribution is -2.47. The minimum absolute atomic E-state index is 0.0164. The number of aliphatic hydroxyl groups excluding tert-OH is 1. The lowest BCUT2D eigenvalue weighted by molar-refractivity contribution is -0.124. The van der Waals surface area contributed by atoms with Gasteiger partial charge in [0.05, 0.1) is 14.7 Å². The molecular weight excluding hydrogens is 465 g/mol. The molecule has 0 saturated heterocycles. The van der Waals surface area contributed by atoms with Crippen LogP contribution in [-0.2, 0) is 4.79 Å². The van der Waals surface area contributed by atoms with Gasteiger partial charge in [-0.25, -0.2) is 4.79 Å². The number of anilines is 1. The van der Waals surface area contributed by atoms with Gasteiger partial charge in [0.25, 0.3) is 0 Å². The summed E-state index contributed by atoms with van der Waals surface area (Å²) in [5.74, 6) is -0.250. The Hall–Kier alpha value is -0.670. The van der Waals surface area contributed by atoms with Crippen molar-refractivity contribution in [2.45, 2.75) is 70.4 Å². The van der Waals surface area contributed by atoms with E-state index in [-0.39, 0.29) is 28.8 Å². The van der Waals surface area contributed by atoms with Crippen LogP contribution in [0.1, 0.15) is 68.0 Å². The summed E-state index contributed by atoms with van der Waals surface area (Å²) in [4.78, 5) is 27.2. The van der Waals surface area contributed by atoms with E-state index < -0.39 is 5.97 Å². The number of nitrogens with zero attached hydrogens (tertiary/aromatic N) is 1. The quantitative estimate of drug-likeness (QED) is 0.608. The van der Waals surface area contributed by atoms with E-state index in [0.717, 1.165) is 41.4 Å². The van der Waals surface area contributed by atoms with Crippen LogP contribution >= 0.6 is 33.9 Å². The average Bonchev–Trinajstić information content (AvgIpc) is 2.99. The van der Waals surface area contributed by atoms with Gasteiger partial charge < -0.3 is 15.1 Å². The fraction of sp³-hybridized carbons (Fsp3) is 0.684. The minimum atomic E-state index is -0.973. The zero-order valence-corrected chi connectivity index (χ0v) is 18.0. The van der Waals surface area contributed by atoms with Gasteiger partial charge in [-0.2, -0.15) is 0 Å². The van der Waals surface area contributed by atoms with E-state index in [0.29, 0.717) is 24.4 Å². The lowest BCUT2D eigenvalue weighted by Gasteiger charge is -2.38. The normalized spacial score (nSPS) is 29.3. The number of aromatic carboxylic acids is 1. The SMILES string of the molecule is CC1CCC(C(=O)N(c2cc(I)sc2C(=O)O)C2CCC(O)CC2)CC1. The highest BCUT2D eigenvalue weighted by atomic mass is 127. The molecule has 2 N–H and O–H groups in total. The van der Waals surface area contributed by atoms with Gasteiger partial charge in [-0.3, -0.25) is 4.79 Å². The largest absolute Gasteiger partial charge is 0.477 e. The van der Waals surface area contributed by atoms with Crippen LogP contribution in [0.25, 0.3) is 0 Å². The molecule has 0 aromatic carbocycles. The highest BCUT2D eigenvalue weighted by Gasteiger charge is 2.37. The Balaban J connectivity index is 1.92. The second-order valence-electron chi connectivity index (χ2n) is 7.70. The molecule has 2 fully saturated rings. The number of carbonyl (C=O) groups excluding carboxylic acids is 1.